The minimum atomic E-state index is 0.437. The fourth-order valence-electron chi connectivity index (χ4n) is 2.15. The third-order valence-electron chi connectivity index (χ3n) is 3.26. The normalized spacial score (nSPS) is 10.5. The van der Waals surface area contributed by atoms with Crippen molar-refractivity contribution in [3.8, 4) is 0 Å². The number of aromatic nitrogens is 6. The second kappa shape index (κ2) is 7.62. The van der Waals surface area contributed by atoms with Crippen molar-refractivity contribution >= 4 is 35.0 Å². The summed E-state index contributed by atoms with van der Waals surface area (Å²) in [7, 11) is 0. The van der Waals surface area contributed by atoms with Crippen molar-refractivity contribution in [2.45, 2.75) is 10.3 Å². The standard InChI is InChI=1S/C17H14N8S/c1-3-7-12(8-4-1)20-14-22-15(21-13-9-5-2-6-10-13)24-17(23-14)26-16-18-11-19-25-16/h1-11H,(H,18,19,25)(H2,20,21,22,23,24). The van der Waals surface area contributed by atoms with Gasteiger partial charge in [-0.3, -0.25) is 5.10 Å². The van der Waals surface area contributed by atoms with Gasteiger partial charge in [-0.05, 0) is 36.0 Å². The SMILES string of the molecule is c1ccc(Nc2nc(Nc3ccccc3)nc(Sc3ncn[nH]3)n2)cc1. The van der Waals surface area contributed by atoms with Crippen molar-refractivity contribution in [3.63, 3.8) is 0 Å². The molecule has 0 bridgehead atoms. The van der Waals surface area contributed by atoms with Crippen LogP contribution in [0.3, 0.4) is 0 Å². The summed E-state index contributed by atoms with van der Waals surface area (Å²) in [6.45, 7) is 0. The van der Waals surface area contributed by atoms with Gasteiger partial charge in [-0.25, -0.2) is 4.98 Å². The summed E-state index contributed by atoms with van der Waals surface area (Å²) in [4.78, 5) is 17.4. The Bertz CT molecular complexity index is 901. The van der Waals surface area contributed by atoms with Gasteiger partial charge in [0.25, 0.3) is 0 Å². The molecule has 2 aromatic carbocycles. The van der Waals surface area contributed by atoms with Crippen LogP contribution >= 0.6 is 11.8 Å². The Labute approximate surface area is 153 Å². The molecule has 2 heterocycles. The summed E-state index contributed by atoms with van der Waals surface area (Å²) in [5.74, 6) is 0.873. The lowest BCUT2D eigenvalue weighted by atomic mass is 10.3. The molecule has 0 spiro atoms. The summed E-state index contributed by atoms with van der Waals surface area (Å²) in [5, 5.41) is 14.1. The van der Waals surface area contributed by atoms with E-state index in [4.69, 9.17) is 0 Å². The molecule has 0 unspecified atom stereocenters. The number of anilines is 4. The third-order valence-corrected chi connectivity index (χ3v) is 4.01. The van der Waals surface area contributed by atoms with Crippen LogP contribution in [0.15, 0.2) is 77.3 Å². The summed E-state index contributed by atoms with van der Waals surface area (Å²) in [6, 6.07) is 19.4. The van der Waals surface area contributed by atoms with Crippen molar-refractivity contribution in [3.05, 3.63) is 67.0 Å². The highest BCUT2D eigenvalue weighted by atomic mass is 32.2. The Balaban J connectivity index is 1.64. The molecule has 0 aliphatic heterocycles. The molecule has 2 aromatic heterocycles. The van der Waals surface area contributed by atoms with E-state index in [2.05, 4.69) is 40.8 Å². The van der Waals surface area contributed by atoms with Crippen molar-refractivity contribution < 1.29 is 0 Å². The fourth-order valence-corrected chi connectivity index (χ4v) is 2.78. The number of para-hydroxylation sites is 2. The maximum Gasteiger partial charge on any atom is 0.233 e. The van der Waals surface area contributed by atoms with E-state index in [1.807, 2.05) is 60.7 Å². The number of rotatable bonds is 6. The van der Waals surface area contributed by atoms with Gasteiger partial charge in [-0.1, -0.05) is 36.4 Å². The maximum absolute atomic E-state index is 4.45. The Morgan fingerprint density at radius 2 is 1.31 bits per heavy atom. The number of nitrogens with zero attached hydrogens (tertiary/aromatic N) is 5. The smallest absolute Gasteiger partial charge is 0.233 e. The predicted octanol–water partition coefficient (Wildman–Crippen LogP) is 3.63. The monoisotopic (exact) mass is 362 g/mol. The Morgan fingerprint density at radius 1 is 0.731 bits per heavy atom. The van der Waals surface area contributed by atoms with Crippen LogP contribution in [-0.2, 0) is 0 Å². The van der Waals surface area contributed by atoms with E-state index in [1.165, 1.54) is 18.1 Å². The summed E-state index contributed by atoms with van der Waals surface area (Å²) >= 11 is 1.27. The van der Waals surface area contributed by atoms with Gasteiger partial charge in [-0.2, -0.15) is 20.1 Å². The number of H-pyrrole nitrogens is 1. The second-order valence-corrected chi connectivity index (χ2v) is 6.10. The van der Waals surface area contributed by atoms with E-state index in [-0.39, 0.29) is 0 Å². The number of hydrogen-bond acceptors (Lipinski definition) is 8. The summed E-state index contributed by atoms with van der Waals surface area (Å²) in [6.07, 6.45) is 1.44. The highest BCUT2D eigenvalue weighted by molar-refractivity contribution is 7.99. The lowest BCUT2D eigenvalue weighted by molar-refractivity contribution is 0.904. The topological polar surface area (TPSA) is 104 Å². The van der Waals surface area contributed by atoms with Crippen molar-refractivity contribution in [1.29, 1.82) is 0 Å². The van der Waals surface area contributed by atoms with Crippen LogP contribution in [0.4, 0.5) is 23.3 Å². The minimum absolute atomic E-state index is 0.437. The van der Waals surface area contributed by atoms with Crippen LogP contribution in [0, 0.1) is 0 Å². The van der Waals surface area contributed by atoms with E-state index in [0.717, 1.165) is 11.4 Å². The van der Waals surface area contributed by atoms with E-state index in [0.29, 0.717) is 22.2 Å². The molecule has 4 aromatic rings. The van der Waals surface area contributed by atoms with E-state index in [9.17, 15) is 0 Å². The summed E-state index contributed by atoms with van der Waals surface area (Å²) in [5.41, 5.74) is 1.78. The van der Waals surface area contributed by atoms with Gasteiger partial charge in [0, 0.05) is 11.4 Å². The predicted molar refractivity (Wildman–Crippen MR) is 99.8 cm³/mol. The Kier molecular flexibility index (Phi) is 4.70. The zero-order valence-corrected chi connectivity index (χ0v) is 14.3. The molecule has 128 valence electrons. The van der Waals surface area contributed by atoms with Gasteiger partial charge in [0.05, 0.1) is 0 Å². The molecule has 8 nitrogen and oxygen atoms in total. The molecule has 0 saturated carbocycles. The average Bonchev–Trinajstić information content (AvgIpc) is 3.16. The Hall–Kier alpha value is -3.46. The molecule has 0 aliphatic carbocycles. The van der Waals surface area contributed by atoms with Gasteiger partial charge >= 0.3 is 0 Å². The maximum atomic E-state index is 4.45. The summed E-state index contributed by atoms with van der Waals surface area (Å²) < 4.78 is 0. The minimum Gasteiger partial charge on any atom is -0.324 e. The molecule has 3 N–H and O–H groups in total. The lowest BCUT2D eigenvalue weighted by Gasteiger charge is -2.09. The molecular formula is C17H14N8S. The Morgan fingerprint density at radius 3 is 1.81 bits per heavy atom. The molecule has 4 rings (SSSR count). The molecule has 9 heteroatoms. The molecule has 0 radical (unpaired) electrons. The van der Waals surface area contributed by atoms with Crippen molar-refractivity contribution in [2.24, 2.45) is 0 Å². The van der Waals surface area contributed by atoms with E-state index < -0.39 is 0 Å². The van der Waals surface area contributed by atoms with Gasteiger partial charge in [0.1, 0.15) is 6.33 Å². The van der Waals surface area contributed by atoms with Crippen molar-refractivity contribution in [1.82, 2.24) is 30.1 Å². The largest absolute Gasteiger partial charge is 0.324 e. The second-order valence-electron chi connectivity index (χ2n) is 5.14. The zero-order valence-electron chi connectivity index (χ0n) is 13.5. The van der Waals surface area contributed by atoms with Crippen LogP contribution < -0.4 is 10.6 Å². The molecule has 0 saturated heterocycles. The first-order chi connectivity index (χ1) is 12.8. The van der Waals surface area contributed by atoms with Gasteiger partial charge in [-0.15, -0.1) is 0 Å². The first kappa shape index (κ1) is 16.0. The molecule has 0 amide bonds. The molecular weight excluding hydrogens is 348 g/mol. The lowest BCUT2D eigenvalue weighted by Crippen LogP contribution is -2.05. The fraction of sp³-hybridized carbons (Fsp3) is 0. The zero-order chi connectivity index (χ0) is 17.6. The first-order valence-corrected chi connectivity index (χ1v) is 8.60. The number of benzene rings is 2. The van der Waals surface area contributed by atoms with E-state index in [1.54, 1.807) is 0 Å². The highest BCUT2D eigenvalue weighted by Gasteiger charge is 2.10. The highest BCUT2D eigenvalue weighted by Crippen LogP contribution is 2.24. The molecule has 0 atom stereocenters. The quantitative estimate of drug-likeness (QED) is 0.478. The molecule has 0 fully saturated rings. The van der Waals surface area contributed by atoms with Gasteiger partial charge in [0.15, 0.2) is 5.16 Å². The number of nitrogens with one attached hydrogen (secondary N) is 3. The van der Waals surface area contributed by atoms with Gasteiger partial charge in [0.2, 0.25) is 17.1 Å². The molecule has 26 heavy (non-hydrogen) atoms. The van der Waals surface area contributed by atoms with Crippen LogP contribution in [0.5, 0.6) is 0 Å². The van der Waals surface area contributed by atoms with Crippen LogP contribution in [0.25, 0.3) is 0 Å². The number of hydrogen-bond donors (Lipinski definition) is 3. The first-order valence-electron chi connectivity index (χ1n) is 7.78. The van der Waals surface area contributed by atoms with Gasteiger partial charge < -0.3 is 10.6 Å². The third kappa shape index (κ3) is 4.14. The molecule has 0 aliphatic rings. The van der Waals surface area contributed by atoms with Crippen LogP contribution in [0.2, 0.25) is 0 Å². The van der Waals surface area contributed by atoms with Crippen LogP contribution in [0.1, 0.15) is 0 Å². The average molecular weight is 362 g/mol. The number of aromatic amines is 1. The van der Waals surface area contributed by atoms with Crippen molar-refractivity contribution in [2.75, 3.05) is 10.6 Å². The van der Waals surface area contributed by atoms with Crippen LogP contribution in [-0.4, -0.2) is 30.1 Å². The van der Waals surface area contributed by atoms with E-state index >= 15 is 0 Å².